The van der Waals surface area contributed by atoms with E-state index in [-0.39, 0.29) is 35.3 Å². The summed E-state index contributed by atoms with van der Waals surface area (Å²) < 4.78 is 54.5. The number of carbonyl (C=O) groups is 1. The van der Waals surface area contributed by atoms with Crippen molar-refractivity contribution >= 4 is 11.6 Å². The van der Waals surface area contributed by atoms with Gasteiger partial charge >= 0.3 is 6.18 Å². The summed E-state index contributed by atoms with van der Waals surface area (Å²) in [5.41, 5.74) is -1.34. The van der Waals surface area contributed by atoms with E-state index in [0.717, 1.165) is 25.1 Å². The van der Waals surface area contributed by atoms with Gasteiger partial charge < -0.3 is 4.90 Å². The fourth-order valence-electron chi connectivity index (χ4n) is 2.77. The summed E-state index contributed by atoms with van der Waals surface area (Å²) in [5.74, 6) is -1.29. The molecule has 0 aromatic carbocycles. The number of carbonyl (C=O) groups excluding carboxylic acids is 1. The van der Waals surface area contributed by atoms with Gasteiger partial charge in [0.15, 0.2) is 5.69 Å². The van der Waals surface area contributed by atoms with Crippen LogP contribution in [0, 0.1) is 17.7 Å². The molecule has 0 saturated heterocycles. The van der Waals surface area contributed by atoms with E-state index in [0.29, 0.717) is 0 Å². The molecule has 1 aliphatic carbocycles. The molecule has 0 atom stereocenters. The fourth-order valence-corrected chi connectivity index (χ4v) is 2.77. The lowest BCUT2D eigenvalue weighted by Gasteiger charge is -2.27. The summed E-state index contributed by atoms with van der Waals surface area (Å²) in [4.78, 5) is 21.1. The fraction of sp³-hybridized carbons (Fsp3) is 0.421. The molecule has 1 aliphatic rings. The molecule has 8 heteroatoms. The number of pyridine rings is 2. The highest BCUT2D eigenvalue weighted by molar-refractivity contribution is 5.95. The van der Waals surface area contributed by atoms with Gasteiger partial charge in [-0.3, -0.25) is 9.78 Å². The lowest BCUT2D eigenvalue weighted by atomic mass is 10.1. The molecule has 0 N–H and O–H groups in total. The van der Waals surface area contributed by atoms with Crippen molar-refractivity contribution in [3.05, 3.63) is 42.1 Å². The average molecular weight is 381 g/mol. The first-order valence-electron chi connectivity index (χ1n) is 8.67. The van der Waals surface area contributed by atoms with Crippen LogP contribution in [0.4, 0.5) is 23.2 Å². The molecule has 1 fully saturated rings. The minimum Gasteiger partial charge on any atom is -0.310 e. The lowest BCUT2D eigenvalue weighted by Crippen LogP contribution is -2.37. The van der Waals surface area contributed by atoms with Crippen LogP contribution >= 0.6 is 0 Å². The van der Waals surface area contributed by atoms with Crippen molar-refractivity contribution < 1.29 is 22.4 Å². The smallest absolute Gasteiger partial charge is 0.310 e. The maximum absolute atomic E-state index is 13.7. The summed E-state index contributed by atoms with van der Waals surface area (Å²) in [6, 6.07) is 3.66. The first kappa shape index (κ1) is 19.3. The number of nitrogens with zero attached hydrogens (tertiary/aromatic N) is 3. The van der Waals surface area contributed by atoms with E-state index < -0.39 is 23.6 Å². The maximum atomic E-state index is 13.7. The van der Waals surface area contributed by atoms with E-state index in [2.05, 4.69) is 9.97 Å². The molecular formula is C19H19F4N3O. The Labute approximate surface area is 154 Å². The lowest BCUT2D eigenvalue weighted by molar-refractivity contribution is -0.140. The Morgan fingerprint density at radius 1 is 1.26 bits per heavy atom. The van der Waals surface area contributed by atoms with Crippen LogP contribution in [0.3, 0.4) is 0 Å². The molecule has 2 aromatic heterocycles. The molecular weight excluding hydrogens is 362 g/mol. The Balaban J connectivity index is 2.09. The third-order valence-corrected chi connectivity index (χ3v) is 4.33. The second-order valence-corrected chi connectivity index (χ2v) is 7.00. The quantitative estimate of drug-likeness (QED) is 0.706. The molecule has 2 heterocycles. The molecule has 0 unspecified atom stereocenters. The minimum absolute atomic E-state index is 0.0542. The predicted molar refractivity (Wildman–Crippen MR) is 92.3 cm³/mol. The van der Waals surface area contributed by atoms with Crippen LogP contribution in [0.2, 0.25) is 0 Å². The molecule has 0 aliphatic heterocycles. The molecule has 27 heavy (non-hydrogen) atoms. The number of hydrogen-bond donors (Lipinski definition) is 0. The van der Waals surface area contributed by atoms with Crippen LogP contribution in [-0.2, 0) is 11.0 Å². The number of anilines is 1. The van der Waals surface area contributed by atoms with Gasteiger partial charge in [0.05, 0.1) is 17.6 Å². The van der Waals surface area contributed by atoms with Gasteiger partial charge in [-0.15, -0.1) is 0 Å². The monoisotopic (exact) mass is 381 g/mol. The molecule has 1 amide bonds. The normalized spacial score (nSPS) is 14.5. The second kappa shape index (κ2) is 7.25. The topological polar surface area (TPSA) is 46.1 Å². The average Bonchev–Trinajstić information content (AvgIpc) is 3.42. The Bertz CT molecular complexity index is 847. The van der Waals surface area contributed by atoms with E-state index in [1.165, 1.54) is 23.2 Å². The minimum atomic E-state index is -4.76. The molecule has 0 spiro atoms. The van der Waals surface area contributed by atoms with Crippen molar-refractivity contribution in [2.45, 2.75) is 32.9 Å². The van der Waals surface area contributed by atoms with Gasteiger partial charge in [0.1, 0.15) is 5.82 Å². The Kier molecular flexibility index (Phi) is 5.17. The number of rotatable bonds is 5. The molecule has 0 radical (unpaired) electrons. The largest absolute Gasteiger partial charge is 0.435 e. The van der Waals surface area contributed by atoms with Crippen molar-refractivity contribution in [1.82, 2.24) is 9.97 Å². The SMILES string of the molecule is CC(C)C(=O)N(CC1CC1)c1ccc(-c2cncc(F)c2)nc1C(F)(F)F. The van der Waals surface area contributed by atoms with Crippen LogP contribution in [-0.4, -0.2) is 22.4 Å². The summed E-state index contributed by atoms with van der Waals surface area (Å²) in [6.45, 7) is 3.54. The van der Waals surface area contributed by atoms with Gasteiger partial charge in [0.2, 0.25) is 5.91 Å². The van der Waals surface area contributed by atoms with E-state index in [9.17, 15) is 22.4 Å². The van der Waals surface area contributed by atoms with E-state index >= 15 is 0 Å². The third-order valence-electron chi connectivity index (χ3n) is 4.33. The van der Waals surface area contributed by atoms with Crippen LogP contribution < -0.4 is 4.90 Å². The molecule has 1 saturated carbocycles. The van der Waals surface area contributed by atoms with Gasteiger partial charge in [-0.05, 0) is 37.0 Å². The molecule has 3 rings (SSSR count). The number of aromatic nitrogens is 2. The van der Waals surface area contributed by atoms with E-state index in [4.69, 9.17) is 0 Å². The van der Waals surface area contributed by atoms with Gasteiger partial charge in [-0.2, -0.15) is 13.2 Å². The van der Waals surface area contributed by atoms with Gasteiger partial charge in [0, 0.05) is 24.2 Å². The van der Waals surface area contributed by atoms with E-state index in [1.54, 1.807) is 13.8 Å². The zero-order valence-corrected chi connectivity index (χ0v) is 14.9. The number of halogens is 4. The Morgan fingerprint density at radius 2 is 1.96 bits per heavy atom. The first-order valence-corrected chi connectivity index (χ1v) is 8.67. The van der Waals surface area contributed by atoms with Crippen molar-refractivity contribution in [3.63, 3.8) is 0 Å². The molecule has 2 aromatic rings. The Morgan fingerprint density at radius 3 is 2.52 bits per heavy atom. The zero-order chi connectivity index (χ0) is 19.8. The summed E-state index contributed by atoms with van der Waals surface area (Å²) in [6.07, 6.45) is -0.772. The van der Waals surface area contributed by atoms with Gasteiger partial charge in [-0.25, -0.2) is 9.37 Å². The highest BCUT2D eigenvalue weighted by Crippen LogP contribution is 2.39. The number of alkyl halides is 3. The van der Waals surface area contributed by atoms with Crippen molar-refractivity contribution in [2.75, 3.05) is 11.4 Å². The van der Waals surface area contributed by atoms with Crippen LogP contribution in [0.1, 0.15) is 32.4 Å². The van der Waals surface area contributed by atoms with Crippen molar-refractivity contribution in [1.29, 1.82) is 0 Å². The van der Waals surface area contributed by atoms with Gasteiger partial charge in [-0.1, -0.05) is 13.8 Å². The number of hydrogen-bond acceptors (Lipinski definition) is 3. The summed E-state index contributed by atoms with van der Waals surface area (Å²) in [7, 11) is 0. The zero-order valence-electron chi connectivity index (χ0n) is 14.9. The van der Waals surface area contributed by atoms with Crippen LogP contribution in [0.25, 0.3) is 11.3 Å². The maximum Gasteiger partial charge on any atom is 0.435 e. The third kappa shape index (κ3) is 4.43. The van der Waals surface area contributed by atoms with E-state index in [1.807, 2.05) is 0 Å². The summed E-state index contributed by atoms with van der Waals surface area (Å²) >= 11 is 0. The summed E-state index contributed by atoms with van der Waals surface area (Å²) in [5, 5.41) is 0. The number of amides is 1. The van der Waals surface area contributed by atoms with Crippen molar-refractivity contribution in [2.24, 2.45) is 11.8 Å². The predicted octanol–water partition coefficient (Wildman–Crippen LogP) is 4.70. The van der Waals surface area contributed by atoms with Crippen molar-refractivity contribution in [3.8, 4) is 11.3 Å². The van der Waals surface area contributed by atoms with Crippen LogP contribution in [0.15, 0.2) is 30.6 Å². The highest BCUT2D eigenvalue weighted by atomic mass is 19.4. The molecule has 4 nitrogen and oxygen atoms in total. The Hall–Kier alpha value is -2.51. The molecule has 144 valence electrons. The van der Waals surface area contributed by atoms with Gasteiger partial charge in [0.25, 0.3) is 0 Å². The standard InChI is InChI=1S/C19H19F4N3O/c1-11(2)18(27)26(10-12-3-4-12)16-6-5-15(25-17(16)19(21,22)23)13-7-14(20)9-24-8-13/h5-9,11-12H,3-4,10H2,1-2H3. The first-order chi connectivity index (χ1) is 12.7. The molecule has 0 bridgehead atoms. The highest BCUT2D eigenvalue weighted by Gasteiger charge is 2.40. The second-order valence-electron chi connectivity index (χ2n) is 7.00. The van der Waals surface area contributed by atoms with Crippen LogP contribution in [0.5, 0.6) is 0 Å².